The van der Waals surface area contributed by atoms with E-state index in [0.29, 0.717) is 12.8 Å². The Morgan fingerprint density at radius 1 is 0.412 bits per heavy atom. The second kappa shape index (κ2) is 23.8. The van der Waals surface area contributed by atoms with E-state index < -0.39 is 0 Å². The molecule has 0 amide bonds. The molecule has 0 aliphatic carbocycles. The minimum atomic E-state index is -0.340. The molecule has 1 heterocycles. The van der Waals surface area contributed by atoms with Crippen molar-refractivity contribution in [1.29, 1.82) is 0 Å². The van der Waals surface area contributed by atoms with E-state index >= 15 is 0 Å². The van der Waals surface area contributed by atoms with Crippen LogP contribution in [0.3, 0.4) is 0 Å². The first-order valence-electron chi connectivity index (χ1n) is 15.1. The molecule has 200 valence electrons. The van der Waals surface area contributed by atoms with Crippen LogP contribution in [-0.4, -0.2) is 23.1 Å². The molecule has 1 fully saturated rings. The summed E-state index contributed by atoms with van der Waals surface area (Å²) < 4.78 is 4.97. The van der Waals surface area contributed by atoms with Crippen molar-refractivity contribution in [3.63, 3.8) is 0 Å². The molecular formula is C30H56O4. The Morgan fingerprint density at radius 2 is 0.647 bits per heavy atom. The zero-order valence-corrected chi connectivity index (χ0v) is 22.3. The first kappa shape index (κ1) is 31.1. The van der Waals surface area contributed by atoms with Gasteiger partial charge in [0.2, 0.25) is 0 Å². The molecule has 1 aliphatic heterocycles. The van der Waals surface area contributed by atoms with Crippen LogP contribution >= 0.6 is 0 Å². The van der Waals surface area contributed by atoms with Gasteiger partial charge in [-0.1, -0.05) is 135 Å². The van der Waals surface area contributed by atoms with Gasteiger partial charge >= 0.3 is 11.9 Å². The molecule has 1 unspecified atom stereocenters. The number of ether oxygens (including phenoxy) is 1. The molecule has 34 heavy (non-hydrogen) atoms. The molecule has 0 aromatic carbocycles. The summed E-state index contributed by atoms with van der Waals surface area (Å²) in [7, 11) is 0. The molecule has 0 radical (unpaired) electrons. The Hall–Kier alpha value is -0.900. The van der Waals surface area contributed by atoms with Crippen molar-refractivity contribution in [2.45, 2.75) is 179 Å². The summed E-state index contributed by atoms with van der Waals surface area (Å²) in [6.07, 6.45) is 30.5. The summed E-state index contributed by atoms with van der Waals surface area (Å²) in [6.45, 7) is 0. The molecule has 0 bridgehead atoms. The number of cyclic esters (lactones) is 2. The molecule has 1 saturated heterocycles. The third-order valence-corrected chi connectivity index (χ3v) is 7.31. The highest BCUT2D eigenvalue weighted by Gasteiger charge is 2.10. The highest BCUT2D eigenvalue weighted by atomic mass is 16.6. The van der Waals surface area contributed by atoms with E-state index in [9.17, 15) is 14.7 Å². The second-order valence-corrected chi connectivity index (χ2v) is 10.7. The highest BCUT2D eigenvalue weighted by molar-refractivity contribution is 5.85. The summed E-state index contributed by atoms with van der Waals surface area (Å²) in [5.74, 6) is -0.678. The van der Waals surface area contributed by atoms with E-state index in [1.807, 2.05) is 0 Å². The standard InChI is InChI=1S/C30H56O4/c31-28-24-20-16-12-8-4-1-2-6-10-14-18-22-26-29(32)34-30(33)27-23-19-15-11-7-3-5-9-13-17-21-25-28/h28,31H,1-27H2. The molecule has 0 aromatic heterocycles. The first-order valence-corrected chi connectivity index (χ1v) is 15.1. The monoisotopic (exact) mass is 480 g/mol. The van der Waals surface area contributed by atoms with E-state index in [1.165, 1.54) is 122 Å². The lowest BCUT2D eigenvalue weighted by Gasteiger charge is -2.10. The highest BCUT2D eigenvalue weighted by Crippen LogP contribution is 2.17. The molecule has 4 nitrogen and oxygen atoms in total. The van der Waals surface area contributed by atoms with Gasteiger partial charge in [-0.05, 0) is 25.7 Å². The van der Waals surface area contributed by atoms with E-state index in [4.69, 9.17) is 4.74 Å². The number of rotatable bonds is 0. The van der Waals surface area contributed by atoms with Crippen molar-refractivity contribution in [2.24, 2.45) is 0 Å². The summed E-state index contributed by atoms with van der Waals surface area (Å²) in [5, 5.41) is 10.2. The minimum Gasteiger partial charge on any atom is -0.393 e. The number of aliphatic hydroxyl groups is 1. The zero-order valence-electron chi connectivity index (χ0n) is 22.3. The largest absolute Gasteiger partial charge is 0.393 e. The maximum absolute atomic E-state index is 11.8. The van der Waals surface area contributed by atoms with Crippen LogP contribution in [0.1, 0.15) is 173 Å². The summed E-state index contributed by atoms with van der Waals surface area (Å²) in [5.41, 5.74) is 0. The average molecular weight is 481 g/mol. The second-order valence-electron chi connectivity index (χ2n) is 10.7. The Bertz CT molecular complexity index is 476. The van der Waals surface area contributed by atoms with Crippen LogP contribution < -0.4 is 0 Å². The first-order chi connectivity index (χ1) is 16.7. The van der Waals surface area contributed by atoms with Gasteiger partial charge in [0.05, 0.1) is 6.10 Å². The Balaban J connectivity index is 2.17. The van der Waals surface area contributed by atoms with E-state index in [1.54, 1.807) is 0 Å². The van der Waals surface area contributed by atoms with Crippen molar-refractivity contribution in [3.05, 3.63) is 0 Å². The molecule has 0 aromatic rings. The quantitative estimate of drug-likeness (QED) is 0.277. The number of carbonyl (C=O) groups is 2. The van der Waals surface area contributed by atoms with E-state index in [0.717, 1.165) is 38.5 Å². The van der Waals surface area contributed by atoms with Gasteiger partial charge in [-0.3, -0.25) is 9.59 Å². The third-order valence-electron chi connectivity index (χ3n) is 7.31. The Labute approximate surface area is 211 Å². The van der Waals surface area contributed by atoms with E-state index in [2.05, 4.69) is 0 Å². The van der Waals surface area contributed by atoms with Crippen molar-refractivity contribution < 1.29 is 19.4 Å². The lowest BCUT2D eigenvalue weighted by molar-refractivity contribution is -0.159. The van der Waals surface area contributed by atoms with Gasteiger partial charge in [-0.2, -0.15) is 0 Å². The summed E-state index contributed by atoms with van der Waals surface area (Å²) in [4.78, 5) is 23.6. The predicted octanol–water partition coefficient (Wildman–Crippen LogP) is 8.96. The summed E-state index contributed by atoms with van der Waals surface area (Å²) in [6, 6.07) is 0. The van der Waals surface area contributed by atoms with Gasteiger partial charge in [0, 0.05) is 12.8 Å². The lowest BCUT2D eigenvalue weighted by Crippen LogP contribution is -2.11. The van der Waals surface area contributed by atoms with Crippen LogP contribution in [0.2, 0.25) is 0 Å². The van der Waals surface area contributed by atoms with Gasteiger partial charge in [0.1, 0.15) is 0 Å². The maximum atomic E-state index is 11.8. The van der Waals surface area contributed by atoms with Crippen molar-refractivity contribution in [2.75, 3.05) is 0 Å². The number of hydrogen-bond acceptors (Lipinski definition) is 4. The normalized spacial score (nSPS) is 25.0. The maximum Gasteiger partial charge on any atom is 0.313 e. The minimum absolute atomic E-state index is 0.0791. The fraction of sp³-hybridized carbons (Fsp3) is 0.933. The molecular weight excluding hydrogens is 424 g/mol. The van der Waals surface area contributed by atoms with Crippen molar-refractivity contribution >= 4 is 11.9 Å². The van der Waals surface area contributed by atoms with Crippen molar-refractivity contribution in [3.8, 4) is 0 Å². The molecule has 1 aliphatic rings. The zero-order chi connectivity index (χ0) is 24.5. The fourth-order valence-corrected chi connectivity index (χ4v) is 5.03. The molecule has 1 atom stereocenters. The van der Waals surface area contributed by atoms with E-state index in [-0.39, 0.29) is 18.0 Å². The number of esters is 2. The average Bonchev–Trinajstić information content (AvgIpc) is 2.81. The van der Waals surface area contributed by atoms with Gasteiger partial charge in [0.15, 0.2) is 0 Å². The van der Waals surface area contributed by atoms with Gasteiger partial charge < -0.3 is 9.84 Å². The Kier molecular flexibility index (Phi) is 21.8. The molecule has 1 N–H and O–H groups in total. The molecule has 1 rings (SSSR count). The number of carbonyl (C=O) groups excluding carboxylic acids is 2. The van der Waals surface area contributed by atoms with Crippen molar-refractivity contribution in [1.82, 2.24) is 0 Å². The Morgan fingerprint density at radius 3 is 0.941 bits per heavy atom. The van der Waals surface area contributed by atoms with Crippen LogP contribution in [0.25, 0.3) is 0 Å². The van der Waals surface area contributed by atoms with Gasteiger partial charge in [-0.25, -0.2) is 0 Å². The third kappa shape index (κ3) is 21.6. The SMILES string of the molecule is O=C1CCCCCCCCCCCCCCC(O)CCCCCCCCCCCCCC(=O)O1. The van der Waals surface area contributed by atoms with Crippen LogP contribution in [0.4, 0.5) is 0 Å². The lowest BCUT2D eigenvalue weighted by atomic mass is 10.0. The summed E-state index contributed by atoms with van der Waals surface area (Å²) >= 11 is 0. The number of aliphatic hydroxyl groups excluding tert-OH is 1. The van der Waals surface area contributed by atoms with Crippen LogP contribution in [0.5, 0.6) is 0 Å². The predicted molar refractivity (Wildman–Crippen MR) is 142 cm³/mol. The molecule has 4 heteroatoms. The smallest absolute Gasteiger partial charge is 0.313 e. The van der Waals surface area contributed by atoms with Crippen LogP contribution in [0.15, 0.2) is 0 Å². The fourth-order valence-electron chi connectivity index (χ4n) is 5.03. The van der Waals surface area contributed by atoms with Crippen LogP contribution in [0, 0.1) is 0 Å². The van der Waals surface area contributed by atoms with Crippen LogP contribution in [-0.2, 0) is 14.3 Å². The molecule has 0 saturated carbocycles. The number of hydrogen-bond donors (Lipinski definition) is 1. The molecule has 0 spiro atoms. The van der Waals surface area contributed by atoms with Gasteiger partial charge in [0.25, 0.3) is 0 Å². The topological polar surface area (TPSA) is 63.6 Å². The van der Waals surface area contributed by atoms with Gasteiger partial charge in [-0.15, -0.1) is 0 Å².